The third-order valence-corrected chi connectivity index (χ3v) is 2.72. The van der Waals surface area contributed by atoms with E-state index in [9.17, 15) is 0 Å². The van der Waals surface area contributed by atoms with Gasteiger partial charge in [0.15, 0.2) is 0 Å². The zero-order valence-electron chi connectivity index (χ0n) is 8.24. The number of nitrogens with zero attached hydrogens (tertiary/aromatic N) is 2. The van der Waals surface area contributed by atoms with Crippen LogP contribution in [0.25, 0.3) is 0 Å². The molecule has 7 heteroatoms. The normalized spacial score (nSPS) is 11.5. The van der Waals surface area contributed by atoms with Crippen LogP contribution in [0.5, 0.6) is 0 Å². The molecule has 0 bridgehead atoms. The number of aliphatic hydroxyl groups is 2. The number of rotatable bonds is 4. The SMILES string of the molecule is CC(CO)(CO)Nc1ncnc(N)c1Br. The van der Waals surface area contributed by atoms with Crippen molar-refractivity contribution in [3.8, 4) is 0 Å². The van der Waals surface area contributed by atoms with Crippen molar-refractivity contribution in [3.63, 3.8) is 0 Å². The number of anilines is 2. The predicted octanol–water partition coefficient (Wildman–Crippen LogP) is -0.0235. The van der Waals surface area contributed by atoms with Crippen molar-refractivity contribution in [2.75, 3.05) is 24.3 Å². The van der Waals surface area contributed by atoms with E-state index in [1.165, 1.54) is 6.33 Å². The van der Waals surface area contributed by atoms with E-state index < -0.39 is 5.54 Å². The second-order valence-corrected chi connectivity index (χ2v) is 4.22. The van der Waals surface area contributed by atoms with Gasteiger partial charge in [0.05, 0.1) is 18.8 Å². The lowest BCUT2D eigenvalue weighted by atomic mass is 10.1. The molecule has 1 aromatic heterocycles. The van der Waals surface area contributed by atoms with Crippen molar-refractivity contribution in [1.82, 2.24) is 9.97 Å². The number of nitrogens with one attached hydrogen (secondary N) is 1. The number of nitrogen functional groups attached to an aromatic ring is 1. The zero-order valence-corrected chi connectivity index (χ0v) is 9.82. The van der Waals surface area contributed by atoms with E-state index in [-0.39, 0.29) is 13.2 Å². The summed E-state index contributed by atoms with van der Waals surface area (Å²) in [6.07, 6.45) is 1.30. The minimum atomic E-state index is -0.844. The summed E-state index contributed by atoms with van der Waals surface area (Å²) in [6.45, 7) is 1.22. The smallest absolute Gasteiger partial charge is 0.146 e. The van der Waals surface area contributed by atoms with Gasteiger partial charge in [-0.25, -0.2) is 9.97 Å². The summed E-state index contributed by atoms with van der Waals surface area (Å²) in [5.41, 5.74) is 4.72. The van der Waals surface area contributed by atoms with E-state index in [0.29, 0.717) is 16.1 Å². The number of aromatic nitrogens is 2. The third kappa shape index (κ3) is 2.77. The Labute approximate surface area is 95.7 Å². The largest absolute Gasteiger partial charge is 0.394 e. The molecule has 0 fully saturated rings. The highest BCUT2D eigenvalue weighted by Gasteiger charge is 2.23. The van der Waals surface area contributed by atoms with Crippen LogP contribution in [0.1, 0.15) is 6.92 Å². The van der Waals surface area contributed by atoms with E-state index in [1.54, 1.807) is 6.92 Å². The fourth-order valence-corrected chi connectivity index (χ4v) is 1.19. The topological polar surface area (TPSA) is 104 Å². The Morgan fingerprint density at radius 3 is 2.60 bits per heavy atom. The maximum absolute atomic E-state index is 9.09. The van der Waals surface area contributed by atoms with E-state index in [0.717, 1.165) is 0 Å². The van der Waals surface area contributed by atoms with Crippen LogP contribution in [0.2, 0.25) is 0 Å². The number of halogens is 1. The van der Waals surface area contributed by atoms with Gasteiger partial charge in [-0.1, -0.05) is 0 Å². The standard InChI is InChI=1S/C8H13BrN4O2/c1-8(2-14,3-15)13-7-5(9)6(10)11-4-12-7/h4,14-15H,2-3H2,1H3,(H3,10,11,12,13). The highest BCUT2D eigenvalue weighted by molar-refractivity contribution is 9.10. The second kappa shape index (κ2) is 4.73. The molecule has 15 heavy (non-hydrogen) atoms. The third-order valence-electron chi connectivity index (χ3n) is 1.93. The monoisotopic (exact) mass is 276 g/mol. The van der Waals surface area contributed by atoms with Crippen LogP contribution < -0.4 is 11.1 Å². The van der Waals surface area contributed by atoms with Gasteiger partial charge in [0.2, 0.25) is 0 Å². The first-order valence-electron chi connectivity index (χ1n) is 4.28. The molecule has 0 amide bonds. The van der Waals surface area contributed by atoms with Crippen LogP contribution in [0.15, 0.2) is 10.8 Å². The molecule has 1 rings (SSSR count). The fraction of sp³-hybridized carbons (Fsp3) is 0.500. The molecule has 0 aliphatic carbocycles. The number of nitrogens with two attached hydrogens (primary N) is 1. The quantitative estimate of drug-likeness (QED) is 0.616. The Bertz CT molecular complexity index is 343. The molecule has 0 saturated heterocycles. The summed E-state index contributed by atoms with van der Waals surface area (Å²) in [5, 5.41) is 21.1. The highest BCUT2D eigenvalue weighted by atomic mass is 79.9. The summed E-state index contributed by atoms with van der Waals surface area (Å²) in [7, 11) is 0. The maximum Gasteiger partial charge on any atom is 0.146 e. The molecule has 84 valence electrons. The van der Waals surface area contributed by atoms with Crippen molar-refractivity contribution in [1.29, 1.82) is 0 Å². The molecule has 0 radical (unpaired) electrons. The number of hydrogen-bond donors (Lipinski definition) is 4. The van der Waals surface area contributed by atoms with Crippen LogP contribution >= 0.6 is 15.9 Å². The number of aliphatic hydroxyl groups excluding tert-OH is 2. The zero-order chi connectivity index (χ0) is 11.5. The van der Waals surface area contributed by atoms with E-state index in [2.05, 4.69) is 31.2 Å². The minimum absolute atomic E-state index is 0.222. The van der Waals surface area contributed by atoms with Gasteiger partial charge in [-0.3, -0.25) is 0 Å². The van der Waals surface area contributed by atoms with Gasteiger partial charge in [-0.2, -0.15) is 0 Å². The van der Waals surface area contributed by atoms with Crippen LogP contribution in [0.4, 0.5) is 11.6 Å². The van der Waals surface area contributed by atoms with Gasteiger partial charge in [-0.15, -0.1) is 0 Å². The van der Waals surface area contributed by atoms with Gasteiger partial charge < -0.3 is 21.3 Å². The molecule has 5 N–H and O–H groups in total. The van der Waals surface area contributed by atoms with E-state index in [1.807, 2.05) is 0 Å². The first-order valence-corrected chi connectivity index (χ1v) is 5.07. The Hall–Kier alpha value is -0.920. The maximum atomic E-state index is 9.09. The van der Waals surface area contributed by atoms with E-state index >= 15 is 0 Å². The molecular formula is C8H13BrN4O2. The lowest BCUT2D eigenvalue weighted by molar-refractivity contribution is 0.147. The van der Waals surface area contributed by atoms with Crippen molar-refractivity contribution in [3.05, 3.63) is 10.8 Å². The van der Waals surface area contributed by atoms with Crippen LogP contribution in [0.3, 0.4) is 0 Å². The molecule has 0 aromatic carbocycles. The molecular weight excluding hydrogens is 264 g/mol. The number of hydrogen-bond acceptors (Lipinski definition) is 6. The summed E-state index contributed by atoms with van der Waals surface area (Å²) in [5.74, 6) is 0.735. The van der Waals surface area contributed by atoms with Crippen molar-refractivity contribution in [2.45, 2.75) is 12.5 Å². The lowest BCUT2D eigenvalue weighted by Gasteiger charge is -2.27. The van der Waals surface area contributed by atoms with Gasteiger partial charge >= 0.3 is 0 Å². The molecule has 0 saturated carbocycles. The molecule has 0 unspecified atom stereocenters. The van der Waals surface area contributed by atoms with Crippen molar-refractivity contribution in [2.24, 2.45) is 0 Å². The molecule has 1 heterocycles. The van der Waals surface area contributed by atoms with Gasteiger partial charge in [0.1, 0.15) is 22.4 Å². The van der Waals surface area contributed by atoms with Crippen LogP contribution in [-0.2, 0) is 0 Å². The predicted molar refractivity (Wildman–Crippen MR) is 60.3 cm³/mol. The molecule has 6 nitrogen and oxygen atoms in total. The van der Waals surface area contributed by atoms with Crippen LogP contribution in [-0.4, -0.2) is 38.9 Å². The Morgan fingerprint density at radius 2 is 2.07 bits per heavy atom. The Morgan fingerprint density at radius 1 is 1.47 bits per heavy atom. The van der Waals surface area contributed by atoms with Crippen molar-refractivity contribution < 1.29 is 10.2 Å². The van der Waals surface area contributed by atoms with Crippen LogP contribution in [0, 0.1) is 0 Å². The van der Waals surface area contributed by atoms with E-state index in [4.69, 9.17) is 15.9 Å². The molecule has 0 atom stereocenters. The summed E-state index contributed by atoms with van der Waals surface area (Å²) >= 11 is 3.22. The first-order chi connectivity index (χ1) is 7.02. The highest BCUT2D eigenvalue weighted by Crippen LogP contribution is 2.26. The molecule has 1 aromatic rings. The average Bonchev–Trinajstić information content (AvgIpc) is 2.25. The molecule has 0 spiro atoms. The summed E-state index contributed by atoms with van der Waals surface area (Å²) in [4.78, 5) is 7.72. The Kier molecular flexibility index (Phi) is 3.83. The average molecular weight is 277 g/mol. The second-order valence-electron chi connectivity index (χ2n) is 3.42. The minimum Gasteiger partial charge on any atom is -0.394 e. The van der Waals surface area contributed by atoms with Gasteiger partial charge in [0.25, 0.3) is 0 Å². The summed E-state index contributed by atoms with van der Waals surface area (Å²) in [6, 6.07) is 0. The lowest BCUT2D eigenvalue weighted by Crippen LogP contribution is -2.43. The molecule has 0 aliphatic rings. The first kappa shape index (κ1) is 12.2. The summed E-state index contributed by atoms with van der Waals surface area (Å²) < 4.78 is 0.512. The molecule has 0 aliphatic heterocycles. The van der Waals surface area contributed by atoms with Crippen molar-refractivity contribution >= 4 is 27.6 Å². The fourth-order valence-electron chi connectivity index (χ4n) is 0.886. The Balaban J connectivity index is 2.94. The van der Waals surface area contributed by atoms with Gasteiger partial charge in [0, 0.05) is 0 Å². The van der Waals surface area contributed by atoms with Gasteiger partial charge in [-0.05, 0) is 22.9 Å².